The Morgan fingerprint density at radius 1 is 1.10 bits per heavy atom. The van der Waals surface area contributed by atoms with E-state index in [9.17, 15) is 0 Å². The lowest BCUT2D eigenvalue weighted by Crippen LogP contribution is -2.45. The van der Waals surface area contributed by atoms with Gasteiger partial charge in [0.05, 0.1) is 0 Å². The lowest BCUT2D eigenvalue weighted by Gasteiger charge is -2.34. The maximum absolute atomic E-state index is 6.28. The zero-order chi connectivity index (χ0) is 14.7. The van der Waals surface area contributed by atoms with Gasteiger partial charge in [-0.25, -0.2) is 0 Å². The van der Waals surface area contributed by atoms with Crippen molar-refractivity contribution in [2.75, 3.05) is 19.6 Å². The lowest BCUT2D eigenvalue weighted by atomic mass is 10.0. The summed E-state index contributed by atoms with van der Waals surface area (Å²) in [5.41, 5.74) is 2.47. The molecule has 21 heavy (non-hydrogen) atoms. The molecule has 2 aromatic rings. The molecule has 1 aliphatic heterocycles. The topological polar surface area (TPSA) is 15.3 Å². The van der Waals surface area contributed by atoms with Crippen molar-refractivity contribution in [2.24, 2.45) is 0 Å². The highest BCUT2D eigenvalue weighted by Gasteiger charge is 2.21. The van der Waals surface area contributed by atoms with Crippen molar-refractivity contribution < 1.29 is 0 Å². The lowest BCUT2D eigenvalue weighted by molar-refractivity contribution is 0.193. The molecule has 0 amide bonds. The Labute approximate surface area is 135 Å². The van der Waals surface area contributed by atoms with Gasteiger partial charge in [-0.3, -0.25) is 4.90 Å². The normalized spacial score (nSPS) is 19.6. The fraction of sp³-hybridized carbons (Fsp3) is 0.294. The Hall–Kier alpha value is -1.06. The van der Waals surface area contributed by atoms with Crippen molar-refractivity contribution in [3.05, 3.63) is 69.7 Å². The van der Waals surface area contributed by atoms with Crippen molar-refractivity contribution >= 4 is 23.2 Å². The van der Waals surface area contributed by atoms with Gasteiger partial charge in [-0.2, -0.15) is 0 Å². The summed E-state index contributed by atoms with van der Waals surface area (Å²) in [4.78, 5) is 2.43. The van der Waals surface area contributed by atoms with Gasteiger partial charge in [0, 0.05) is 42.3 Å². The number of hydrogen-bond donors (Lipinski definition) is 1. The molecule has 1 atom stereocenters. The summed E-state index contributed by atoms with van der Waals surface area (Å²) < 4.78 is 0. The van der Waals surface area contributed by atoms with Crippen LogP contribution in [0.1, 0.15) is 17.2 Å². The quantitative estimate of drug-likeness (QED) is 0.914. The van der Waals surface area contributed by atoms with Gasteiger partial charge in [-0.15, -0.1) is 0 Å². The molecule has 110 valence electrons. The minimum Gasteiger partial charge on any atom is -0.308 e. The number of halogens is 2. The average molecular weight is 321 g/mol. The number of benzene rings is 2. The summed E-state index contributed by atoms with van der Waals surface area (Å²) in [6.07, 6.45) is 0. The van der Waals surface area contributed by atoms with Crippen LogP contribution in [0.5, 0.6) is 0 Å². The molecule has 4 heteroatoms. The maximum Gasteiger partial charge on any atom is 0.0465 e. The van der Waals surface area contributed by atoms with E-state index in [1.54, 1.807) is 0 Å². The second-order valence-electron chi connectivity index (χ2n) is 5.39. The van der Waals surface area contributed by atoms with Crippen molar-refractivity contribution in [2.45, 2.75) is 12.6 Å². The van der Waals surface area contributed by atoms with E-state index in [0.717, 1.165) is 36.8 Å². The third-order valence-electron chi connectivity index (χ3n) is 3.87. The van der Waals surface area contributed by atoms with Crippen LogP contribution in [0.15, 0.2) is 48.5 Å². The Kier molecular flexibility index (Phi) is 4.81. The molecular formula is C17H18Cl2N2. The van der Waals surface area contributed by atoms with Gasteiger partial charge in [-0.05, 0) is 23.3 Å². The van der Waals surface area contributed by atoms with Gasteiger partial charge in [0.1, 0.15) is 0 Å². The highest BCUT2D eigenvalue weighted by atomic mass is 35.5. The van der Waals surface area contributed by atoms with Crippen LogP contribution >= 0.6 is 23.2 Å². The summed E-state index contributed by atoms with van der Waals surface area (Å²) in [6.45, 7) is 3.87. The van der Waals surface area contributed by atoms with E-state index in [2.05, 4.69) is 40.5 Å². The van der Waals surface area contributed by atoms with Crippen LogP contribution in [0.3, 0.4) is 0 Å². The van der Waals surface area contributed by atoms with Crippen LogP contribution in [0, 0.1) is 0 Å². The molecule has 1 aliphatic rings. The molecule has 0 spiro atoms. The molecular weight excluding hydrogens is 303 g/mol. The van der Waals surface area contributed by atoms with Crippen LogP contribution < -0.4 is 5.32 Å². The molecule has 1 heterocycles. The van der Waals surface area contributed by atoms with E-state index in [-0.39, 0.29) is 0 Å². The average Bonchev–Trinajstić information content (AvgIpc) is 2.51. The molecule has 2 aromatic carbocycles. The zero-order valence-corrected chi connectivity index (χ0v) is 13.2. The molecule has 1 fully saturated rings. The third kappa shape index (κ3) is 3.78. The smallest absolute Gasteiger partial charge is 0.0465 e. The summed E-state index contributed by atoms with van der Waals surface area (Å²) in [5, 5.41) is 5.01. The number of nitrogens with one attached hydrogen (secondary N) is 1. The van der Waals surface area contributed by atoms with Crippen molar-refractivity contribution in [3.8, 4) is 0 Å². The van der Waals surface area contributed by atoms with Crippen LogP contribution in [0.25, 0.3) is 0 Å². The zero-order valence-electron chi connectivity index (χ0n) is 11.7. The molecule has 1 saturated heterocycles. The van der Waals surface area contributed by atoms with Crippen LogP contribution in [-0.2, 0) is 6.54 Å². The molecule has 0 aromatic heterocycles. The molecule has 0 radical (unpaired) electrons. The van der Waals surface area contributed by atoms with Crippen LogP contribution in [-0.4, -0.2) is 24.5 Å². The Bertz CT molecular complexity index is 601. The van der Waals surface area contributed by atoms with E-state index in [1.165, 1.54) is 5.56 Å². The Balaban J connectivity index is 1.69. The third-order valence-corrected chi connectivity index (χ3v) is 4.46. The number of rotatable bonds is 3. The predicted molar refractivity (Wildman–Crippen MR) is 88.9 cm³/mol. The first-order valence-corrected chi connectivity index (χ1v) is 7.92. The van der Waals surface area contributed by atoms with Gasteiger partial charge < -0.3 is 5.32 Å². The second-order valence-corrected chi connectivity index (χ2v) is 6.23. The number of hydrogen-bond acceptors (Lipinski definition) is 2. The van der Waals surface area contributed by atoms with E-state index >= 15 is 0 Å². The van der Waals surface area contributed by atoms with Gasteiger partial charge in [-0.1, -0.05) is 59.6 Å². The Morgan fingerprint density at radius 3 is 2.67 bits per heavy atom. The second kappa shape index (κ2) is 6.80. The molecule has 1 unspecified atom stereocenters. The molecule has 1 N–H and O–H groups in total. The highest BCUT2D eigenvalue weighted by molar-refractivity contribution is 6.35. The summed E-state index contributed by atoms with van der Waals surface area (Å²) in [5.74, 6) is 0. The largest absolute Gasteiger partial charge is 0.308 e. The van der Waals surface area contributed by atoms with E-state index in [1.807, 2.05) is 18.2 Å². The summed E-state index contributed by atoms with van der Waals surface area (Å²) >= 11 is 12.2. The monoisotopic (exact) mass is 320 g/mol. The molecule has 0 bridgehead atoms. The SMILES string of the molecule is Clc1ccc(CN2CCNC(c3ccccc3)C2)c(Cl)c1. The maximum atomic E-state index is 6.28. The van der Waals surface area contributed by atoms with E-state index in [4.69, 9.17) is 23.2 Å². The summed E-state index contributed by atoms with van der Waals surface area (Å²) in [7, 11) is 0. The molecule has 0 aliphatic carbocycles. The van der Waals surface area contributed by atoms with Gasteiger partial charge in [0.2, 0.25) is 0 Å². The minimum atomic E-state index is 0.381. The van der Waals surface area contributed by atoms with Crippen molar-refractivity contribution in [1.29, 1.82) is 0 Å². The first-order valence-electron chi connectivity index (χ1n) is 7.17. The summed E-state index contributed by atoms with van der Waals surface area (Å²) in [6, 6.07) is 16.7. The van der Waals surface area contributed by atoms with Gasteiger partial charge >= 0.3 is 0 Å². The molecule has 3 rings (SSSR count). The predicted octanol–water partition coefficient (Wildman–Crippen LogP) is 4.14. The molecule has 2 nitrogen and oxygen atoms in total. The fourth-order valence-electron chi connectivity index (χ4n) is 2.75. The minimum absolute atomic E-state index is 0.381. The van der Waals surface area contributed by atoms with Crippen LogP contribution in [0.2, 0.25) is 10.0 Å². The van der Waals surface area contributed by atoms with E-state index in [0.29, 0.717) is 11.1 Å². The fourth-order valence-corrected chi connectivity index (χ4v) is 3.22. The number of piperazine rings is 1. The Morgan fingerprint density at radius 2 is 1.90 bits per heavy atom. The van der Waals surface area contributed by atoms with Crippen molar-refractivity contribution in [1.82, 2.24) is 10.2 Å². The first-order chi connectivity index (χ1) is 10.2. The first kappa shape index (κ1) is 14.9. The van der Waals surface area contributed by atoms with Crippen LogP contribution in [0.4, 0.5) is 0 Å². The standard InChI is InChI=1S/C17H18Cl2N2/c18-15-7-6-14(16(19)10-15)11-21-9-8-20-17(12-21)13-4-2-1-3-5-13/h1-7,10,17,20H,8-9,11-12H2. The highest BCUT2D eigenvalue weighted by Crippen LogP contribution is 2.24. The molecule has 0 saturated carbocycles. The van der Waals surface area contributed by atoms with E-state index < -0.39 is 0 Å². The van der Waals surface area contributed by atoms with Crippen molar-refractivity contribution in [3.63, 3.8) is 0 Å². The number of nitrogens with zero attached hydrogens (tertiary/aromatic N) is 1. The van der Waals surface area contributed by atoms with Gasteiger partial charge in [0.15, 0.2) is 0 Å². The van der Waals surface area contributed by atoms with Gasteiger partial charge in [0.25, 0.3) is 0 Å².